The van der Waals surface area contributed by atoms with Crippen molar-refractivity contribution in [1.82, 2.24) is 0 Å². The number of allylic oxidation sites excluding steroid dienone is 2. The lowest BCUT2D eigenvalue weighted by Gasteiger charge is -2.17. The number of aliphatic hydroxyl groups is 1. The number of aliphatic hydroxyl groups excluding tert-OH is 1. The van der Waals surface area contributed by atoms with Crippen LogP contribution in [0.5, 0.6) is 0 Å². The van der Waals surface area contributed by atoms with Crippen molar-refractivity contribution >= 4 is 17.9 Å². The van der Waals surface area contributed by atoms with E-state index in [1.807, 2.05) is 12.2 Å². The smallest absolute Gasteiger partial charge is 0.461 e. The molecule has 2 aliphatic rings. The molecular formula is C24H34O7. The average molecular weight is 435 g/mol. The van der Waals surface area contributed by atoms with Gasteiger partial charge in [-0.05, 0) is 25.7 Å². The molecule has 1 saturated heterocycles. The molecule has 1 saturated carbocycles. The monoisotopic (exact) mass is 434 g/mol. The molecule has 7 heteroatoms. The summed E-state index contributed by atoms with van der Waals surface area (Å²) in [5, 5.41) is 10.2. The van der Waals surface area contributed by atoms with Gasteiger partial charge in [0.1, 0.15) is 6.61 Å². The van der Waals surface area contributed by atoms with E-state index in [1.54, 1.807) is 12.2 Å². The van der Waals surface area contributed by atoms with Gasteiger partial charge in [0.15, 0.2) is 11.9 Å². The number of carbonyl (C=O) groups is 3. The van der Waals surface area contributed by atoms with Gasteiger partial charge < -0.3 is 19.3 Å². The first-order valence-electron chi connectivity index (χ1n) is 11.2. The number of unbranched alkanes of at least 4 members (excludes halogenated alkanes) is 3. The highest BCUT2D eigenvalue weighted by Gasteiger charge is 2.56. The number of rotatable bonds is 14. The zero-order valence-electron chi connectivity index (χ0n) is 18.2. The molecule has 0 aromatic heterocycles. The van der Waals surface area contributed by atoms with Crippen molar-refractivity contribution in [2.45, 2.75) is 76.6 Å². The van der Waals surface area contributed by atoms with Crippen LogP contribution < -0.4 is 0 Å². The van der Waals surface area contributed by atoms with Crippen LogP contribution in [-0.2, 0) is 23.8 Å². The molecule has 1 heterocycles. The summed E-state index contributed by atoms with van der Waals surface area (Å²) in [6.45, 7) is 5.82. The van der Waals surface area contributed by atoms with E-state index in [-0.39, 0.29) is 30.2 Å². The van der Waals surface area contributed by atoms with Gasteiger partial charge in [-0.2, -0.15) is 0 Å². The van der Waals surface area contributed by atoms with Crippen molar-refractivity contribution in [3.05, 3.63) is 37.0 Å². The maximum absolute atomic E-state index is 12.8. The third kappa shape index (κ3) is 7.65. The molecular weight excluding hydrogens is 400 g/mol. The van der Waals surface area contributed by atoms with Gasteiger partial charge in [-0.25, -0.2) is 4.79 Å². The Morgan fingerprint density at radius 1 is 1.23 bits per heavy atom. The number of hydrogen-bond donors (Lipinski definition) is 1. The summed E-state index contributed by atoms with van der Waals surface area (Å²) in [6.07, 6.45) is 11.9. The molecule has 31 heavy (non-hydrogen) atoms. The van der Waals surface area contributed by atoms with Gasteiger partial charge in [-0.15, -0.1) is 0 Å². The minimum Gasteiger partial charge on any atom is -0.461 e. The summed E-state index contributed by atoms with van der Waals surface area (Å²) >= 11 is 0. The van der Waals surface area contributed by atoms with Crippen molar-refractivity contribution < 1.29 is 33.7 Å². The Labute approximate surface area is 184 Å². The molecule has 2 fully saturated rings. The Morgan fingerprint density at radius 3 is 2.77 bits per heavy atom. The van der Waals surface area contributed by atoms with Crippen molar-refractivity contribution in [1.29, 1.82) is 0 Å². The molecule has 0 aromatic carbocycles. The fourth-order valence-electron chi connectivity index (χ4n) is 3.92. The number of ether oxygens (including phenoxy) is 3. The maximum Gasteiger partial charge on any atom is 0.509 e. The first-order valence-corrected chi connectivity index (χ1v) is 11.2. The summed E-state index contributed by atoms with van der Waals surface area (Å²) in [5.74, 6) is -1.11. The van der Waals surface area contributed by atoms with Gasteiger partial charge >= 0.3 is 12.1 Å². The van der Waals surface area contributed by atoms with Crippen molar-refractivity contribution in [2.75, 3.05) is 6.61 Å². The summed E-state index contributed by atoms with van der Waals surface area (Å²) in [4.78, 5) is 35.7. The van der Waals surface area contributed by atoms with Gasteiger partial charge in [-0.3, -0.25) is 9.59 Å². The van der Waals surface area contributed by atoms with Crippen molar-refractivity contribution in [3.63, 3.8) is 0 Å². The fraction of sp³-hybridized carbons (Fsp3) is 0.625. The molecule has 2 rings (SSSR count). The van der Waals surface area contributed by atoms with E-state index in [4.69, 9.17) is 14.2 Å². The van der Waals surface area contributed by atoms with Crippen LogP contribution in [0.3, 0.4) is 0 Å². The van der Waals surface area contributed by atoms with Gasteiger partial charge in [-0.1, -0.05) is 63.1 Å². The summed E-state index contributed by atoms with van der Waals surface area (Å²) in [5.41, 5.74) is 0. The highest BCUT2D eigenvalue weighted by atomic mass is 16.8. The molecule has 1 aliphatic carbocycles. The fourth-order valence-corrected chi connectivity index (χ4v) is 3.92. The normalized spacial score (nSPS) is 26.1. The van der Waals surface area contributed by atoms with Crippen molar-refractivity contribution in [2.24, 2.45) is 11.8 Å². The van der Waals surface area contributed by atoms with Crippen LogP contribution in [0.15, 0.2) is 37.0 Å². The Kier molecular flexibility index (Phi) is 10.5. The van der Waals surface area contributed by atoms with E-state index in [2.05, 4.69) is 13.5 Å². The summed E-state index contributed by atoms with van der Waals surface area (Å²) in [7, 11) is 0. The molecule has 7 nitrogen and oxygen atoms in total. The minimum absolute atomic E-state index is 0.149. The summed E-state index contributed by atoms with van der Waals surface area (Å²) in [6, 6.07) is 0. The topological polar surface area (TPSA) is 99.1 Å². The van der Waals surface area contributed by atoms with Gasteiger partial charge in [0.25, 0.3) is 0 Å². The SMILES string of the molecule is C=CCOC(=O)CCCC=CCC1C(=O)C2OC(=O)OC2C1C=CC(O)CCCCC. The second kappa shape index (κ2) is 13.1. The van der Waals surface area contributed by atoms with Crippen LogP contribution in [0.4, 0.5) is 4.79 Å². The third-order valence-electron chi connectivity index (χ3n) is 5.57. The minimum atomic E-state index is -0.877. The van der Waals surface area contributed by atoms with Crippen LogP contribution >= 0.6 is 0 Å². The standard InChI is InChI=1S/C24H34O7/c1-3-5-8-11-17(25)14-15-19-18(21(27)23-22(19)30-24(28)31-23)12-9-6-7-10-13-20(26)29-16-4-2/h4,6,9,14-15,17-19,22-23,25H,2-3,5,7-8,10-13,16H2,1H3. The second-order valence-corrected chi connectivity index (χ2v) is 7.98. The van der Waals surface area contributed by atoms with E-state index in [0.717, 1.165) is 19.3 Å². The number of carbonyl (C=O) groups excluding carboxylic acids is 3. The lowest BCUT2D eigenvalue weighted by molar-refractivity contribution is -0.142. The molecule has 5 atom stereocenters. The number of hydrogen-bond acceptors (Lipinski definition) is 7. The van der Waals surface area contributed by atoms with Crippen LogP contribution in [0.25, 0.3) is 0 Å². The Bertz CT molecular complexity index is 681. The Hall–Kier alpha value is -2.41. The molecule has 0 spiro atoms. The quantitative estimate of drug-likeness (QED) is 0.250. The second-order valence-electron chi connectivity index (χ2n) is 7.98. The largest absolute Gasteiger partial charge is 0.509 e. The molecule has 0 radical (unpaired) electrons. The number of Topliss-reactive ketones (excluding diaryl/α,β-unsaturated/α-hetero) is 1. The Morgan fingerprint density at radius 2 is 2.03 bits per heavy atom. The molecule has 1 aliphatic heterocycles. The number of fused-ring (bicyclic) bond motifs is 1. The van der Waals surface area contributed by atoms with Crippen LogP contribution in [0.1, 0.15) is 58.3 Å². The molecule has 0 amide bonds. The predicted molar refractivity (Wildman–Crippen MR) is 115 cm³/mol. The molecule has 0 bridgehead atoms. The lowest BCUT2D eigenvalue weighted by Crippen LogP contribution is -2.24. The lowest BCUT2D eigenvalue weighted by atomic mass is 9.90. The van der Waals surface area contributed by atoms with E-state index in [0.29, 0.717) is 32.1 Å². The third-order valence-corrected chi connectivity index (χ3v) is 5.57. The van der Waals surface area contributed by atoms with Crippen LogP contribution in [-0.4, -0.2) is 47.9 Å². The highest BCUT2D eigenvalue weighted by Crippen LogP contribution is 2.40. The predicted octanol–water partition coefficient (Wildman–Crippen LogP) is 4.05. The van der Waals surface area contributed by atoms with E-state index >= 15 is 0 Å². The van der Waals surface area contributed by atoms with Gasteiger partial charge in [0, 0.05) is 18.3 Å². The van der Waals surface area contributed by atoms with E-state index < -0.39 is 24.5 Å². The van der Waals surface area contributed by atoms with Gasteiger partial charge in [0.05, 0.1) is 6.10 Å². The average Bonchev–Trinajstić information content (AvgIpc) is 3.23. The van der Waals surface area contributed by atoms with Crippen molar-refractivity contribution in [3.8, 4) is 0 Å². The first-order chi connectivity index (χ1) is 15.0. The van der Waals surface area contributed by atoms with E-state index in [1.165, 1.54) is 6.08 Å². The van der Waals surface area contributed by atoms with Crippen LogP contribution in [0.2, 0.25) is 0 Å². The zero-order valence-corrected chi connectivity index (χ0v) is 18.2. The molecule has 1 N–H and O–H groups in total. The first kappa shape index (κ1) is 24.9. The maximum atomic E-state index is 12.8. The highest BCUT2D eigenvalue weighted by molar-refractivity contribution is 5.92. The summed E-state index contributed by atoms with van der Waals surface area (Å²) < 4.78 is 15.2. The number of esters is 1. The van der Waals surface area contributed by atoms with Gasteiger partial charge in [0.2, 0.25) is 6.10 Å². The molecule has 5 unspecified atom stereocenters. The Balaban J connectivity index is 1.88. The molecule has 172 valence electrons. The number of ketones is 1. The van der Waals surface area contributed by atoms with E-state index in [9.17, 15) is 19.5 Å². The molecule has 0 aromatic rings. The zero-order chi connectivity index (χ0) is 22.6. The van der Waals surface area contributed by atoms with Crippen LogP contribution in [0, 0.1) is 11.8 Å².